The minimum Gasteiger partial charge on any atom is -0.494 e. The van der Waals surface area contributed by atoms with Crippen molar-refractivity contribution in [1.29, 1.82) is 0 Å². The molecular weight excluding hydrogens is 402 g/mol. The van der Waals surface area contributed by atoms with Gasteiger partial charge in [0.1, 0.15) is 17.2 Å². The molecule has 1 aliphatic heterocycles. The normalized spacial score (nSPS) is 14.4. The summed E-state index contributed by atoms with van der Waals surface area (Å²) in [5.74, 6) is 2.67. The lowest BCUT2D eigenvalue weighted by Crippen LogP contribution is -2.05. The Balaban J connectivity index is 1.42. The van der Waals surface area contributed by atoms with E-state index >= 15 is 0 Å². The van der Waals surface area contributed by atoms with Crippen molar-refractivity contribution in [3.63, 3.8) is 0 Å². The van der Waals surface area contributed by atoms with Crippen LogP contribution in [0.25, 0.3) is 6.08 Å². The summed E-state index contributed by atoms with van der Waals surface area (Å²) in [5.41, 5.74) is 1.82. The number of cyclic esters (lactones) is 1. The topological polar surface area (TPSA) is 57.1 Å². The first-order valence-electron chi connectivity index (χ1n) is 10.7. The minimum absolute atomic E-state index is 0.262. The number of nitrogens with zero attached hydrogens (tertiary/aromatic N) is 1. The summed E-state index contributed by atoms with van der Waals surface area (Å²) >= 11 is 0. The van der Waals surface area contributed by atoms with Crippen LogP contribution in [0.5, 0.6) is 17.2 Å². The van der Waals surface area contributed by atoms with E-state index in [1.54, 1.807) is 6.08 Å². The summed E-state index contributed by atoms with van der Waals surface area (Å²) in [7, 11) is 0. The Labute approximate surface area is 188 Å². The number of carbonyl (C=O) groups is 1. The third-order valence-electron chi connectivity index (χ3n) is 4.85. The van der Waals surface area contributed by atoms with Gasteiger partial charge in [0.25, 0.3) is 0 Å². The lowest BCUT2D eigenvalue weighted by Gasteiger charge is -2.08. The molecule has 5 nitrogen and oxygen atoms in total. The van der Waals surface area contributed by atoms with Crippen molar-refractivity contribution >= 4 is 17.9 Å². The van der Waals surface area contributed by atoms with Gasteiger partial charge in [0, 0.05) is 5.56 Å². The number of para-hydroxylation sites is 1. The van der Waals surface area contributed by atoms with E-state index in [-0.39, 0.29) is 11.6 Å². The Morgan fingerprint density at radius 2 is 1.53 bits per heavy atom. The lowest BCUT2D eigenvalue weighted by atomic mass is 10.1. The van der Waals surface area contributed by atoms with Crippen LogP contribution in [0.1, 0.15) is 31.4 Å². The van der Waals surface area contributed by atoms with Gasteiger partial charge in [0.05, 0.1) is 6.61 Å². The number of hydrogen-bond donors (Lipinski definition) is 0. The zero-order valence-electron chi connectivity index (χ0n) is 18.2. The Kier molecular flexibility index (Phi) is 6.66. The van der Waals surface area contributed by atoms with Crippen LogP contribution in [0.4, 0.5) is 0 Å². The highest BCUT2D eigenvalue weighted by atomic mass is 16.6. The lowest BCUT2D eigenvalue weighted by molar-refractivity contribution is -0.129. The van der Waals surface area contributed by atoms with Crippen LogP contribution in [0.2, 0.25) is 0 Å². The average Bonchev–Trinajstić information content (AvgIpc) is 3.16. The Bertz CT molecular complexity index is 1110. The molecule has 0 saturated carbocycles. The zero-order chi connectivity index (χ0) is 22.3. The maximum Gasteiger partial charge on any atom is 0.363 e. The van der Waals surface area contributed by atoms with E-state index in [9.17, 15) is 4.79 Å². The second-order valence-electron chi connectivity index (χ2n) is 7.88. The third-order valence-corrected chi connectivity index (χ3v) is 4.85. The van der Waals surface area contributed by atoms with Gasteiger partial charge in [0.15, 0.2) is 5.70 Å². The molecule has 0 fully saturated rings. The molecule has 0 radical (unpaired) electrons. The predicted molar refractivity (Wildman–Crippen MR) is 125 cm³/mol. The zero-order valence-corrected chi connectivity index (χ0v) is 18.2. The van der Waals surface area contributed by atoms with Crippen molar-refractivity contribution in [3.8, 4) is 17.2 Å². The van der Waals surface area contributed by atoms with E-state index in [0.717, 1.165) is 23.5 Å². The Morgan fingerprint density at radius 3 is 2.22 bits per heavy atom. The SMILES string of the molecule is CC(C)CCOc1ccc(/C=C2/N=C(c3ccc(Oc4ccccc4)cc3)OC2=O)cc1. The maximum absolute atomic E-state index is 12.3. The van der Waals surface area contributed by atoms with E-state index in [1.807, 2.05) is 78.9 Å². The van der Waals surface area contributed by atoms with Gasteiger partial charge in [-0.3, -0.25) is 0 Å². The van der Waals surface area contributed by atoms with Crippen LogP contribution in [0.15, 0.2) is 89.6 Å². The van der Waals surface area contributed by atoms with Crippen molar-refractivity contribution < 1.29 is 19.0 Å². The first kappa shape index (κ1) is 21.4. The number of benzene rings is 3. The highest BCUT2D eigenvalue weighted by Crippen LogP contribution is 2.24. The highest BCUT2D eigenvalue weighted by molar-refractivity contribution is 6.12. The van der Waals surface area contributed by atoms with Crippen LogP contribution in [0.3, 0.4) is 0 Å². The molecule has 0 bridgehead atoms. The van der Waals surface area contributed by atoms with Gasteiger partial charge in [-0.15, -0.1) is 0 Å². The molecular formula is C27H25NO4. The molecule has 0 aliphatic carbocycles. The monoisotopic (exact) mass is 427 g/mol. The van der Waals surface area contributed by atoms with Gasteiger partial charge in [-0.05, 0) is 72.5 Å². The summed E-state index contributed by atoms with van der Waals surface area (Å²) in [6.45, 7) is 5.02. The number of esters is 1. The standard InChI is InChI=1S/C27H25NO4/c1-19(2)16-17-30-22-12-8-20(9-13-22)18-25-27(29)32-26(28-25)21-10-14-24(15-11-21)31-23-6-4-3-5-7-23/h3-15,18-19H,16-17H2,1-2H3/b25-18+. The molecule has 162 valence electrons. The fraction of sp³-hybridized carbons (Fsp3) is 0.185. The van der Waals surface area contributed by atoms with Crippen molar-refractivity contribution in [2.24, 2.45) is 10.9 Å². The second kappa shape index (κ2) is 9.96. The van der Waals surface area contributed by atoms with Crippen LogP contribution in [-0.2, 0) is 9.53 Å². The molecule has 0 N–H and O–H groups in total. The van der Waals surface area contributed by atoms with Crippen molar-refractivity contribution in [2.75, 3.05) is 6.61 Å². The fourth-order valence-electron chi connectivity index (χ4n) is 3.05. The van der Waals surface area contributed by atoms with Gasteiger partial charge in [0.2, 0.25) is 5.90 Å². The van der Waals surface area contributed by atoms with Crippen LogP contribution < -0.4 is 9.47 Å². The van der Waals surface area contributed by atoms with Crippen LogP contribution in [-0.4, -0.2) is 18.5 Å². The largest absolute Gasteiger partial charge is 0.494 e. The summed E-state index contributed by atoms with van der Waals surface area (Å²) in [6.07, 6.45) is 2.72. The molecule has 0 atom stereocenters. The van der Waals surface area contributed by atoms with Crippen molar-refractivity contribution in [3.05, 3.63) is 95.7 Å². The Hall–Kier alpha value is -3.86. The summed E-state index contributed by atoms with van der Waals surface area (Å²) in [4.78, 5) is 16.7. The van der Waals surface area contributed by atoms with Crippen molar-refractivity contribution in [1.82, 2.24) is 0 Å². The number of ether oxygens (including phenoxy) is 3. The first-order valence-corrected chi connectivity index (χ1v) is 10.7. The molecule has 0 spiro atoms. The minimum atomic E-state index is -0.470. The second-order valence-corrected chi connectivity index (χ2v) is 7.88. The van der Waals surface area contributed by atoms with Gasteiger partial charge in [-0.25, -0.2) is 9.79 Å². The quantitative estimate of drug-likeness (QED) is 0.315. The molecule has 32 heavy (non-hydrogen) atoms. The third kappa shape index (κ3) is 5.64. The van der Waals surface area contributed by atoms with Gasteiger partial charge >= 0.3 is 5.97 Å². The molecule has 4 rings (SSSR count). The molecule has 0 unspecified atom stereocenters. The summed E-state index contributed by atoms with van der Waals surface area (Å²) in [6, 6.07) is 24.4. The highest BCUT2D eigenvalue weighted by Gasteiger charge is 2.24. The molecule has 3 aromatic carbocycles. The van der Waals surface area contributed by atoms with Crippen LogP contribution >= 0.6 is 0 Å². The summed E-state index contributed by atoms with van der Waals surface area (Å²) in [5, 5.41) is 0. The molecule has 0 aromatic heterocycles. The smallest absolute Gasteiger partial charge is 0.363 e. The first-order chi connectivity index (χ1) is 15.6. The van der Waals surface area contributed by atoms with E-state index in [4.69, 9.17) is 14.2 Å². The molecule has 0 amide bonds. The van der Waals surface area contributed by atoms with E-state index in [0.29, 0.717) is 23.8 Å². The molecule has 3 aromatic rings. The number of carbonyl (C=O) groups excluding carboxylic acids is 1. The predicted octanol–water partition coefficient (Wildman–Crippen LogP) is 6.25. The van der Waals surface area contributed by atoms with Crippen molar-refractivity contribution in [2.45, 2.75) is 20.3 Å². The molecule has 0 saturated heterocycles. The Morgan fingerprint density at radius 1 is 0.875 bits per heavy atom. The average molecular weight is 428 g/mol. The van der Waals surface area contributed by atoms with Gasteiger partial charge in [-0.1, -0.05) is 44.2 Å². The fourth-order valence-corrected chi connectivity index (χ4v) is 3.05. The van der Waals surface area contributed by atoms with E-state index in [2.05, 4.69) is 18.8 Å². The molecule has 5 heteroatoms. The van der Waals surface area contributed by atoms with E-state index < -0.39 is 5.97 Å². The summed E-state index contributed by atoms with van der Waals surface area (Å²) < 4.78 is 16.9. The molecule has 1 aliphatic rings. The molecule has 1 heterocycles. The number of hydrogen-bond acceptors (Lipinski definition) is 5. The van der Waals surface area contributed by atoms with Gasteiger partial charge in [-0.2, -0.15) is 0 Å². The van der Waals surface area contributed by atoms with Crippen LogP contribution in [0, 0.1) is 5.92 Å². The van der Waals surface area contributed by atoms with E-state index in [1.165, 1.54) is 0 Å². The maximum atomic E-state index is 12.3. The van der Waals surface area contributed by atoms with Gasteiger partial charge < -0.3 is 14.2 Å². The number of rotatable bonds is 8. The number of aliphatic imine (C=N–C) groups is 1.